The lowest BCUT2D eigenvalue weighted by molar-refractivity contribution is -0.128. The van der Waals surface area contributed by atoms with Gasteiger partial charge >= 0.3 is 0 Å². The van der Waals surface area contributed by atoms with E-state index in [1.807, 2.05) is 34.6 Å². The molecule has 0 bridgehead atoms. The molecular weight excluding hydrogens is 318 g/mol. The number of benzene rings is 1. The largest absolute Gasteiger partial charge is 0.355 e. The molecule has 0 unspecified atom stereocenters. The van der Waals surface area contributed by atoms with Gasteiger partial charge in [-0.25, -0.2) is 0 Å². The monoisotopic (exact) mass is 347 g/mol. The maximum absolute atomic E-state index is 12.4. The Balaban J connectivity index is 2.60. The highest BCUT2D eigenvalue weighted by Crippen LogP contribution is 2.14. The standard InChI is InChI=1S/C19H29N3O3/c1-6-22(7-2)17(24)14-9-8-10-15(13-14)21-16(23)11-12-20-18(25)19(3,4)5/h8-10,13H,6-7,11-12H2,1-5H3,(H,20,25)(H,21,23). The molecule has 1 rings (SSSR count). The first kappa shape index (κ1) is 20.7. The van der Waals surface area contributed by atoms with Crippen molar-refractivity contribution in [3.8, 4) is 0 Å². The van der Waals surface area contributed by atoms with Crippen LogP contribution in [0.5, 0.6) is 0 Å². The van der Waals surface area contributed by atoms with E-state index in [0.29, 0.717) is 24.3 Å². The molecule has 6 nitrogen and oxygen atoms in total. The van der Waals surface area contributed by atoms with Crippen molar-refractivity contribution in [1.29, 1.82) is 0 Å². The van der Waals surface area contributed by atoms with E-state index in [-0.39, 0.29) is 30.7 Å². The van der Waals surface area contributed by atoms with Crippen LogP contribution < -0.4 is 10.6 Å². The molecule has 2 N–H and O–H groups in total. The SMILES string of the molecule is CCN(CC)C(=O)c1cccc(NC(=O)CCNC(=O)C(C)(C)C)c1. The number of rotatable bonds is 7. The summed E-state index contributed by atoms with van der Waals surface area (Å²) in [7, 11) is 0. The lowest BCUT2D eigenvalue weighted by Gasteiger charge is -2.19. The van der Waals surface area contributed by atoms with Gasteiger partial charge in [0.2, 0.25) is 11.8 Å². The van der Waals surface area contributed by atoms with Crippen LogP contribution in [0.3, 0.4) is 0 Å². The first-order chi connectivity index (χ1) is 11.7. The molecular formula is C19H29N3O3. The minimum Gasteiger partial charge on any atom is -0.355 e. The summed E-state index contributed by atoms with van der Waals surface area (Å²) < 4.78 is 0. The molecule has 1 aromatic carbocycles. The topological polar surface area (TPSA) is 78.5 Å². The highest BCUT2D eigenvalue weighted by atomic mass is 16.2. The number of nitrogens with one attached hydrogen (secondary N) is 2. The van der Waals surface area contributed by atoms with Gasteiger partial charge in [0.15, 0.2) is 0 Å². The summed E-state index contributed by atoms with van der Waals surface area (Å²) in [6.07, 6.45) is 0.177. The van der Waals surface area contributed by atoms with Crippen LogP contribution in [0.25, 0.3) is 0 Å². The number of amides is 3. The first-order valence-electron chi connectivity index (χ1n) is 8.66. The summed E-state index contributed by atoms with van der Waals surface area (Å²) in [5.74, 6) is -0.354. The second kappa shape index (κ2) is 9.20. The minimum absolute atomic E-state index is 0.0569. The van der Waals surface area contributed by atoms with E-state index in [1.54, 1.807) is 29.2 Å². The van der Waals surface area contributed by atoms with E-state index in [2.05, 4.69) is 10.6 Å². The average Bonchev–Trinajstić information content (AvgIpc) is 2.55. The number of hydrogen-bond acceptors (Lipinski definition) is 3. The smallest absolute Gasteiger partial charge is 0.253 e. The Morgan fingerprint density at radius 3 is 2.28 bits per heavy atom. The van der Waals surface area contributed by atoms with Crippen molar-refractivity contribution in [2.24, 2.45) is 5.41 Å². The van der Waals surface area contributed by atoms with Gasteiger partial charge in [0.25, 0.3) is 5.91 Å². The van der Waals surface area contributed by atoms with Crippen LogP contribution in [-0.4, -0.2) is 42.3 Å². The molecule has 0 aliphatic heterocycles. The summed E-state index contributed by atoms with van der Waals surface area (Å²) in [4.78, 5) is 37.8. The Kier molecular flexibility index (Phi) is 7.61. The second-order valence-corrected chi connectivity index (χ2v) is 6.86. The molecule has 3 amide bonds. The lowest BCUT2D eigenvalue weighted by atomic mass is 9.96. The van der Waals surface area contributed by atoms with Crippen LogP contribution in [0.4, 0.5) is 5.69 Å². The molecule has 1 aromatic rings. The van der Waals surface area contributed by atoms with E-state index in [1.165, 1.54) is 0 Å². The van der Waals surface area contributed by atoms with Gasteiger partial charge in [-0.15, -0.1) is 0 Å². The van der Waals surface area contributed by atoms with Crippen molar-refractivity contribution in [3.05, 3.63) is 29.8 Å². The highest BCUT2D eigenvalue weighted by Gasteiger charge is 2.20. The Labute approximate surface area is 150 Å². The number of carbonyl (C=O) groups excluding carboxylic acids is 3. The van der Waals surface area contributed by atoms with Gasteiger partial charge in [-0.05, 0) is 32.0 Å². The van der Waals surface area contributed by atoms with Gasteiger partial charge in [0, 0.05) is 42.7 Å². The molecule has 6 heteroatoms. The van der Waals surface area contributed by atoms with E-state index in [9.17, 15) is 14.4 Å². The van der Waals surface area contributed by atoms with E-state index < -0.39 is 5.41 Å². The van der Waals surface area contributed by atoms with Gasteiger partial charge < -0.3 is 15.5 Å². The summed E-state index contributed by atoms with van der Waals surface area (Å²) in [6.45, 7) is 10.9. The van der Waals surface area contributed by atoms with Crippen LogP contribution in [-0.2, 0) is 9.59 Å². The van der Waals surface area contributed by atoms with Crippen molar-refractivity contribution in [1.82, 2.24) is 10.2 Å². The van der Waals surface area contributed by atoms with Crippen LogP contribution in [0.1, 0.15) is 51.4 Å². The van der Waals surface area contributed by atoms with Gasteiger partial charge in [0.05, 0.1) is 0 Å². The Bertz CT molecular complexity index is 617. The maximum atomic E-state index is 12.4. The van der Waals surface area contributed by atoms with E-state index in [4.69, 9.17) is 0 Å². The van der Waals surface area contributed by atoms with Crippen LogP contribution in [0, 0.1) is 5.41 Å². The summed E-state index contributed by atoms with van der Waals surface area (Å²) in [6, 6.07) is 6.89. The molecule has 0 atom stereocenters. The zero-order chi connectivity index (χ0) is 19.0. The van der Waals surface area contributed by atoms with Gasteiger partial charge in [0.1, 0.15) is 0 Å². The van der Waals surface area contributed by atoms with Crippen molar-refractivity contribution in [2.45, 2.75) is 41.0 Å². The fourth-order valence-corrected chi connectivity index (χ4v) is 2.20. The third-order valence-corrected chi connectivity index (χ3v) is 3.76. The van der Waals surface area contributed by atoms with E-state index in [0.717, 1.165) is 0 Å². The number of anilines is 1. The zero-order valence-electron chi connectivity index (χ0n) is 15.8. The molecule has 0 aliphatic carbocycles. The molecule has 0 spiro atoms. The average molecular weight is 347 g/mol. The molecule has 25 heavy (non-hydrogen) atoms. The third kappa shape index (κ3) is 6.57. The molecule has 0 heterocycles. The normalized spacial score (nSPS) is 10.9. The molecule has 0 saturated carbocycles. The maximum Gasteiger partial charge on any atom is 0.253 e. The highest BCUT2D eigenvalue weighted by molar-refractivity contribution is 5.97. The molecule has 138 valence electrons. The fourth-order valence-electron chi connectivity index (χ4n) is 2.20. The van der Waals surface area contributed by atoms with Crippen LogP contribution in [0.2, 0.25) is 0 Å². The predicted octanol–water partition coefficient (Wildman–Crippen LogP) is 2.66. The van der Waals surface area contributed by atoms with Crippen molar-refractivity contribution in [2.75, 3.05) is 25.0 Å². The van der Waals surface area contributed by atoms with Gasteiger partial charge in [-0.1, -0.05) is 26.8 Å². The fraction of sp³-hybridized carbons (Fsp3) is 0.526. The minimum atomic E-state index is -0.477. The molecule has 0 radical (unpaired) electrons. The number of hydrogen-bond donors (Lipinski definition) is 2. The number of nitrogens with zero attached hydrogens (tertiary/aromatic N) is 1. The first-order valence-corrected chi connectivity index (χ1v) is 8.66. The van der Waals surface area contributed by atoms with E-state index >= 15 is 0 Å². The third-order valence-electron chi connectivity index (χ3n) is 3.76. The van der Waals surface area contributed by atoms with Crippen LogP contribution in [0.15, 0.2) is 24.3 Å². The Hall–Kier alpha value is -2.37. The van der Waals surface area contributed by atoms with Crippen molar-refractivity contribution < 1.29 is 14.4 Å². The molecule has 0 aliphatic rings. The van der Waals surface area contributed by atoms with Crippen molar-refractivity contribution >= 4 is 23.4 Å². The van der Waals surface area contributed by atoms with Gasteiger partial charge in [-0.3, -0.25) is 14.4 Å². The quantitative estimate of drug-likeness (QED) is 0.796. The van der Waals surface area contributed by atoms with Crippen LogP contribution >= 0.6 is 0 Å². The summed E-state index contributed by atoms with van der Waals surface area (Å²) in [5.41, 5.74) is 0.642. The predicted molar refractivity (Wildman–Crippen MR) is 99.4 cm³/mol. The number of carbonyl (C=O) groups is 3. The lowest BCUT2D eigenvalue weighted by Crippen LogP contribution is -2.36. The molecule has 0 aromatic heterocycles. The molecule has 0 fully saturated rings. The summed E-state index contributed by atoms with van der Waals surface area (Å²) >= 11 is 0. The zero-order valence-corrected chi connectivity index (χ0v) is 15.8. The van der Waals surface area contributed by atoms with Crippen molar-refractivity contribution in [3.63, 3.8) is 0 Å². The molecule has 0 saturated heterocycles. The van der Waals surface area contributed by atoms with Gasteiger partial charge in [-0.2, -0.15) is 0 Å². The second-order valence-electron chi connectivity index (χ2n) is 6.86. The Morgan fingerprint density at radius 2 is 1.72 bits per heavy atom. The Morgan fingerprint density at radius 1 is 1.08 bits per heavy atom. The summed E-state index contributed by atoms with van der Waals surface area (Å²) in [5, 5.41) is 5.50.